The molecule has 2 N–H and O–H groups in total. The fourth-order valence-corrected chi connectivity index (χ4v) is 5.87. The van der Waals surface area contributed by atoms with E-state index in [2.05, 4.69) is 32.2 Å². The Labute approximate surface area is 249 Å². The number of rotatable bonds is 10. The monoisotopic (exact) mass is 589 g/mol. The van der Waals surface area contributed by atoms with Crippen molar-refractivity contribution in [1.82, 2.24) is 0 Å². The minimum atomic E-state index is -2.76. The Morgan fingerprint density at radius 2 is 1.60 bits per heavy atom. The van der Waals surface area contributed by atoms with E-state index in [1.807, 2.05) is 31.2 Å². The molecular weight excluding hydrogens is 552 g/mol. The molecule has 1 heterocycles. The molecule has 0 spiro atoms. The first-order valence-electron chi connectivity index (χ1n) is 13.9. The number of carboxylic acids is 1. The molecule has 4 rings (SSSR count). The van der Waals surface area contributed by atoms with E-state index in [0.717, 1.165) is 39.2 Å². The van der Waals surface area contributed by atoms with Crippen LogP contribution in [0.25, 0.3) is 22.1 Å². The fraction of sp³-hybridized carbons (Fsp3) is 0.333. The van der Waals surface area contributed by atoms with Crippen molar-refractivity contribution in [2.75, 3.05) is 9.62 Å². The zero-order valence-electron chi connectivity index (χ0n) is 24.8. The van der Waals surface area contributed by atoms with Crippen LogP contribution < -0.4 is 9.62 Å². The van der Waals surface area contributed by atoms with E-state index in [0.29, 0.717) is 11.3 Å². The summed E-state index contributed by atoms with van der Waals surface area (Å²) in [6, 6.07) is 18.6. The van der Waals surface area contributed by atoms with Crippen LogP contribution >= 0.6 is 0 Å². The quantitative estimate of drug-likeness (QED) is 0.187. The maximum absolute atomic E-state index is 13.2. The number of amides is 1. The van der Waals surface area contributed by atoms with Gasteiger partial charge in [0.05, 0.1) is 0 Å². The second-order valence-electron chi connectivity index (χ2n) is 12.1. The summed E-state index contributed by atoms with van der Waals surface area (Å²) in [7, 11) is 0. The Balaban J connectivity index is 1.51. The number of fused-ring (bicyclic) bond motifs is 1. The van der Waals surface area contributed by atoms with Gasteiger partial charge >= 0.3 is 5.97 Å². The van der Waals surface area contributed by atoms with Crippen LogP contribution in [0.1, 0.15) is 62.7 Å². The summed E-state index contributed by atoms with van der Waals surface area (Å²) in [5.74, 6) is -1.68. The Morgan fingerprint density at radius 1 is 1.00 bits per heavy atom. The highest BCUT2D eigenvalue weighted by molar-refractivity contribution is 7.80. The summed E-state index contributed by atoms with van der Waals surface area (Å²) >= 11 is -2.76. The number of hydrogen-bond acceptors (Lipinski definition) is 5. The van der Waals surface area contributed by atoms with E-state index in [9.17, 15) is 23.5 Å². The van der Waals surface area contributed by atoms with Gasteiger partial charge in [-0.2, -0.15) is 0 Å². The minimum Gasteiger partial charge on any atom is -0.755 e. The average molecular weight is 590 g/mol. The lowest BCUT2D eigenvalue weighted by Crippen LogP contribution is -2.45. The van der Waals surface area contributed by atoms with Gasteiger partial charge < -0.3 is 19.4 Å². The number of anilines is 2. The van der Waals surface area contributed by atoms with Crippen molar-refractivity contribution in [2.24, 2.45) is 11.3 Å². The van der Waals surface area contributed by atoms with Crippen molar-refractivity contribution in [3.63, 3.8) is 0 Å². The smallest absolute Gasteiger partial charge is 0.327 e. The Morgan fingerprint density at radius 3 is 2.12 bits per heavy atom. The molecule has 3 aromatic carbocycles. The van der Waals surface area contributed by atoms with E-state index in [1.54, 1.807) is 50.2 Å². The molecule has 222 valence electrons. The average Bonchev–Trinajstić information content (AvgIpc) is 3.27. The van der Waals surface area contributed by atoms with E-state index < -0.39 is 29.2 Å². The minimum absolute atomic E-state index is 0.197. The molecule has 42 heavy (non-hydrogen) atoms. The lowest BCUT2D eigenvalue weighted by molar-refractivity contribution is -0.139. The van der Waals surface area contributed by atoms with Crippen LogP contribution in [-0.2, 0) is 22.5 Å². The number of carbonyl (C=O) groups excluding carboxylic acids is 1. The molecule has 0 aliphatic carbocycles. The highest BCUT2D eigenvalue weighted by Crippen LogP contribution is 2.32. The first kappa shape index (κ1) is 31.0. The zero-order valence-corrected chi connectivity index (χ0v) is 25.6. The summed E-state index contributed by atoms with van der Waals surface area (Å²) in [4.78, 5) is 24.9. The summed E-state index contributed by atoms with van der Waals surface area (Å²) in [6.07, 6.45) is 1.92. The highest BCUT2D eigenvalue weighted by Gasteiger charge is 2.30. The first-order valence-corrected chi connectivity index (χ1v) is 14.9. The molecule has 1 amide bonds. The molecule has 1 aromatic heterocycles. The number of benzene rings is 3. The molecule has 9 heteroatoms. The molecule has 2 unspecified atom stereocenters. The van der Waals surface area contributed by atoms with Gasteiger partial charge in [0, 0.05) is 33.6 Å². The van der Waals surface area contributed by atoms with E-state index >= 15 is 0 Å². The molecule has 4 aromatic rings. The number of nitrogens with one attached hydrogen (secondary N) is 1. The number of aliphatic carboxylic acids is 1. The predicted octanol–water partition coefficient (Wildman–Crippen LogP) is 7.35. The first-order chi connectivity index (χ1) is 19.8. The third kappa shape index (κ3) is 6.91. The maximum Gasteiger partial charge on any atom is 0.327 e. The summed E-state index contributed by atoms with van der Waals surface area (Å²) in [5.41, 5.74) is 5.40. The Hall–Kier alpha value is -3.95. The van der Waals surface area contributed by atoms with Gasteiger partial charge in [0.1, 0.15) is 11.6 Å². The molecule has 0 radical (unpaired) electrons. The number of carbonyl (C=O) groups is 2. The van der Waals surface area contributed by atoms with Gasteiger partial charge in [-0.05, 0) is 78.1 Å². The van der Waals surface area contributed by atoms with Crippen molar-refractivity contribution in [2.45, 2.75) is 60.4 Å². The van der Waals surface area contributed by atoms with Crippen LogP contribution in [0.5, 0.6) is 0 Å². The third-order valence-corrected chi connectivity index (χ3v) is 8.05. The molecule has 0 aliphatic rings. The largest absolute Gasteiger partial charge is 0.755 e. The molecule has 0 bridgehead atoms. The van der Waals surface area contributed by atoms with Gasteiger partial charge in [-0.3, -0.25) is 13.3 Å². The van der Waals surface area contributed by atoms with Crippen molar-refractivity contribution in [1.29, 1.82) is 0 Å². The molecule has 8 nitrogen and oxygen atoms in total. The number of nitrogens with zero attached hydrogens (tertiary/aromatic N) is 1. The maximum atomic E-state index is 13.2. The number of hydrogen-bond donors (Lipinski definition) is 2. The molecule has 2 atom stereocenters. The number of furan rings is 1. The van der Waals surface area contributed by atoms with Crippen LogP contribution in [0, 0.1) is 18.3 Å². The number of carboxylic acid groups (broad SMARTS) is 1. The molecular formula is C33H37N2O6S-. The van der Waals surface area contributed by atoms with Gasteiger partial charge in [-0.1, -0.05) is 71.0 Å². The topological polar surface area (TPSA) is 123 Å². The second-order valence-corrected chi connectivity index (χ2v) is 12.9. The van der Waals surface area contributed by atoms with Gasteiger partial charge in [0.15, 0.2) is 5.76 Å². The van der Waals surface area contributed by atoms with E-state index in [-0.39, 0.29) is 22.8 Å². The standard InChI is InChI=1S/C33H38N2O6S/c1-20(2)29(32(37)38)35(42(39)40)26-16-12-23(13-17-26)22-10-14-25(15-11-22)34-31(36)30-21(3)28-24(18-19-33(4,5)6)8-7-9-27(28)41-30/h7-17,20,29H,18-19H2,1-6H3,(H,34,36)(H,37,38)(H,39,40)/p-1. The van der Waals surface area contributed by atoms with Crippen molar-refractivity contribution in [3.8, 4) is 11.1 Å². The molecule has 0 saturated carbocycles. The molecule has 0 aliphatic heterocycles. The van der Waals surface area contributed by atoms with Crippen LogP contribution in [0.4, 0.5) is 11.4 Å². The summed E-state index contributed by atoms with van der Waals surface area (Å²) in [6.45, 7) is 11.9. The molecule has 0 saturated heterocycles. The lowest BCUT2D eigenvalue weighted by atomic mass is 9.87. The third-order valence-electron chi connectivity index (χ3n) is 7.29. The fourth-order valence-electron chi connectivity index (χ4n) is 5.05. The van der Waals surface area contributed by atoms with Gasteiger partial charge in [0.25, 0.3) is 5.91 Å². The van der Waals surface area contributed by atoms with Crippen molar-refractivity contribution >= 4 is 45.5 Å². The molecule has 0 fully saturated rings. The van der Waals surface area contributed by atoms with Crippen LogP contribution in [0.2, 0.25) is 0 Å². The number of aryl methyl sites for hydroxylation is 2. The summed E-state index contributed by atoms with van der Waals surface area (Å²) < 4.78 is 30.7. The van der Waals surface area contributed by atoms with Crippen LogP contribution in [-0.4, -0.2) is 31.8 Å². The highest BCUT2D eigenvalue weighted by atomic mass is 32.2. The predicted molar refractivity (Wildman–Crippen MR) is 166 cm³/mol. The SMILES string of the molecule is Cc1c(C(=O)Nc2ccc(-c3ccc(N(C(C(=O)O)C(C)C)S(=O)[O-])cc3)cc2)oc2cccc(CCC(C)(C)C)c12. The van der Waals surface area contributed by atoms with E-state index in [1.165, 1.54) is 5.56 Å². The van der Waals surface area contributed by atoms with Crippen molar-refractivity contribution in [3.05, 3.63) is 83.6 Å². The second kappa shape index (κ2) is 12.5. The normalized spacial score (nSPS) is 13.2. The zero-order chi connectivity index (χ0) is 30.8. The van der Waals surface area contributed by atoms with Crippen molar-refractivity contribution < 1.29 is 27.9 Å². The Bertz CT molecular complexity index is 1600. The lowest BCUT2D eigenvalue weighted by Gasteiger charge is -2.34. The van der Waals surface area contributed by atoms with Gasteiger partial charge in [-0.25, -0.2) is 4.79 Å². The van der Waals surface area contributed by atoms with Crippen LogP contribution in [0.3, 0.4) is 0 Å². The Kier molecular flexibility index (Phi) is 9.23. The van der Waals surface area contributed by atoms with E-state index in [4.69, 9.17) is 4.42 Å². The van der Waals surface area contributed by atoms with Gasteiger partial charge in [0.2, 0.25) is 0 Å². The van der Waals surface area contributed by atoms with Gasteiger partial charge in [-0.15, -0.1) is 0 Å². The summed E-state index contributed by atoms with van der Waals surface area (Å²) in [5, 5.41) is 13.5. The van der Waals surface area contributed by atoms with Crippen LogP contribution in [0.15, 0.2) is 71.1 Å².